The Hall–Kier alpha value is -1.55. The van der Waals surface area contributed by atoms with E-state index in [9.17, 15) is 9.59 Å². The molecule has 0 spiro atoms. The Kier molecular flexibility index (Phi) is 6.25. The molecule has 1 aliphatic rings. The molecule has 2 rings (SSSR count). The van der Waals surface area contributed by atoms with E-state index in [4.69, 9.17) is 4.74 Å². The topological polar surface area (TPSA) is 43.4 Å². The van der Waals surface area contributed by atoms with Crippen LogP contribution in [0.15, 0.2) is 29.2 Å². The van der Waals surface area contributed by atoms with Gasteiger partial charge in [0.2, 0.25) is 0 Å². The van der Waals surface area contributed by atoms with Crippen LogP contribution in [0.3, 0.4) is 0 Å². The number of aldehydes is 1. The number of rotatable bonds is 7. The van der Waals surface area contributed by atoms with Crippen LogP contribution in [0.5, 0.6) is 5.75 Å². The van der Waals surface area contributed by atoms with Crippen LogP contribution in [0.25, 0.3) is 6.08 Å². The molecule has 0 heterocycles. The highest BCUT2D eigenvalue weighted by Crippen LogP contribution is 2.36. The Morgan fingerprint density at radius 2 is 2.05 bits per heavy atom. The largest absolute Gasteiger partial charge is 0.493 e. The Morgan fingerprint density at radius 1 is 1.27 bits per heavy atom. The maximum atomic E-state index is 10.9. The molecule has 0 aromatic heterocycles. The molecule has 22 heavy (non-hydrogen) atoms. The monoisotopic (exact) mass is 318 g/mol. The lowest BCUT2D eigenvalue weighted by Crippen LogP contribution is -2.27. The highest BCUT2D eigenvalue weighted by Gasteiger charge is 2.27. The number of hydrogen-bond donors (Lipinski definition) is 0. The van der Waals surface area contributed by atoms with Gasteiger partial charge in [0, 0.05) is 5.41 Å². The molecule has 1 fully saturated rings. The van der Waals surface area contributed by atoms with Crippen molar-refractivity contribution in [3.05, 3.63) is 34.7 Å². The number of thioether (sulfide) groups is 1. The highest BCUT2D eigenvalue weighted by molar-refractivity contribution is 8.16. The Balaban J connectivity index is 2.02. The quantitative estimate of drug-likeness (QED) is 0.548. The molecule has 1 aromatic rings. The molecule has 1 aromatic carbocycles. The minimum absolute atomic E-state index is 0.269. The zero-order valence-corrected chi connectivity index (χ0v) is 13.7. The van der Waals surface area contributed by atoms with Gasteiger partial charge in [-0.2, -0.15) is 0 Å². The fourth-order valence-electron chi connectivity index (χ4n) is 2.82. The average molecular weight is 318 g/mol. The van der Waals surface area contributed by atoms with Crippen molar-refractivity contribution in [2.75, 3.05) is 6.61 Å². The van der Waals surface area contributed by atoms with Crippen molar-refractivity contribution in [3.8, 4) is 5.75 Å². The molecule has 0 N–H and O–H groups in total. The summed E-state index contributed by atoms with van der Waals surface area (Å²) < 4.78 is 5.97. The summed E-state index contributed by atoms with van der Waals surface area (Å²) in [4.78, 5) is 21.8. The second kappa shape index (κ2) is 8.18. The van der Waals surface area contributed by atoms with E-state index in [-0.39, 0.29) is 5.41 Å². The fourth-order valence-corrected chi connectivity index (χ4v) is 3.19. The van der Waals surface area contributed by atoms with Gasteiger partial charge in [0.15, 0.2) is 11.9 Å². The minimum Gasteiger partial charge on any atom is -0.493 e. The molecule has 0 saturated heterocycles. The van der Waals surface area contributed by atoms with Crippen molar-refractivity contribution in [2.24, 2.45) is 5.41 Å². The maximum Gasteiger partial charge on any atom is 0.181 e. The van der Waals surface area contributed by atoms with E-state index in [2.05, 4.69) is 6.92 Å². The molecule has 0 bridgehead atoms. The minimum atomic E-state index is 0.269. The molecule has 0 unspecified atom stereocenters. The third-order valence-electron chi connectivity index (χ3n) is 4.12. The molecule has 3 nitrogen and oxygen atoms in total. The number of hydrogen-bond acceptors (Lipinski definition) is 4. The first kappa shape index (κ1) is 16.8. The molecular formula is C18H22O3S. The van der Waals surface area contributed by atoms with Crippen molar-refractivity contribution in [1.82, 2.24) is 0 Å². The first-order valence-corrected chi connectivity index (χ1v) is 8.53. The second-order valence-electron chi connectivity index (χ2n) is 6.11. The Bertz CT molecular complexity index is 545. The van der Waals surface area contributed by atoms with E-state index in [1.54, 1.807) is 6.08 Å². The number of carbonyl (C=O) groups excluding carboxylic acids is 2. The summed E-state index contributed by atoms with van der Waals surface area (Å²) in [5.41, 5.74) is 1.79. The fraction of sp³-hybridized carbons (Fsp3) is 0.444. The lowest BCUT2D eigenvalue weighted by molar-refractivity contribution is -0.104. The predicted molar refractivity (Wildman–Crippen MR) is 91.5 cm³/mol. The Morgan fingerprint density at radius 3 is 2.73 bits per heavy atom. The van der Waals surface area contributed by atoms with Crippen molar-refractivity contribution in [3.63, 3.8) is 0 Å². The highest BCUT2D eigenvalue weighted by atomic mass is 32.2. The molecule has 4 heteroatoms. The third-order valence-corrected chi connectivity index (χ3v) is 4.70. The predicted octanol–water partition coefficient (Wildman–Crippen LogP) is 4.50. The van der Waals surface area contributed by atoms with Gasteiger partial charge in [-0.05, 0) is 36.6 Å². The maximum absolute atomic E-state index is 10.9. The van der Waals surface area contributed by atoms with E-state index in [1.807, 2.05) is 24.3 Å². The van der Waals surface area contributed by atoms with Crippen LogP contribution in [0.1, 0.15) is 44.6 Å². The lowest BCUT2D eigenvalue weighted by Gasteiger charge is -2.33. The number of ether oxygens (including phenoxy) is 1. The molecule has 0 atom stereocenters. The van der Waals surface area contributed by atoms with Gasteiger partial charge in [0.05, 0.1) is 11.5 Å². The van der Waals surface area contributed by atoms with E-state index >= 15 is 0 Å². The molecule has 0 amide bonds. The van der Waals surface area contributed by atoms with Gasteiger partial charge in [0.25, 0.3) is 0 Å². The van der Waals surface area contributed by atoms with Crippen molar-refractivity contribution < 1.29 is 14.3 Å². The van der Waals surface area contributed by atoms with Gasteiger partial charge in [-0.15, -0.1) is 0 Å². The van der Waals surface area contributed by atoms with Crippen molar-refractivity contribution in [2.45, 2.75) is 39.0 Å². The van der Waals surface area contributed by atoms with E-state index in [1.165, 1.54) is 32.1 Å². The zero-order chi connectivity index (χ0) is 15.8. The molecule has 0 aliphatic heterocycles. The molecular weight excluding hydrogens is 296 g/mol. The summed E-state index contributed by atoms with van der Waals surface area (Å²) >= 11 is 0.884. The van der Waals surface area contributed by atoms with Crippen LogP contribution in [-0.2, 0) is 9.59 Å². The second-order valence-corrected chi connectivity index (χ2v) is 7.01. The normalized spacial score (nSPS) is 17.8. The van der Waals surface area contributed by atoms with Crippen LogP contribution in [0, 0.1) is 5.41 Å². The smallest absolute Gasteiger partial charge is 0.181 e. The SMILES string of the molecule is CC1(COc2cccc(/C=C(/C=O)SC=O)c2)CCCCC1. The van der Waals surface area contributed by atoms with Gasteiger partial charge < -0.3 is 4.74 Å². The summed E-state index contributed by atoms with van der Waals surface area (Å²) in [6.07, 6.45) is 8.73. The average Bonchev–Trinajstić information content (AvgIpc) is 2.54. The van der Waals surface area contributed by atoms with Crippen LogP contribution in [0.4, 0.5) is 0 Å². The van der Waals surface area contributed by atoms with Crippen LogP contribution >= 0.6 is 11.8 Å². The van der Waals surface area contributed by atoms with E-state index < -0.39 is 0 Å². The first-order valence-electron chi connectivity index (χ1n) is 7.65. The Labute approximate surface area is 136 Å². The van der Waals surface area contributed by atoms with Gasteiger partial charge >= 0.3 is 0 Å². The summed E-state index contributed by atoms with van der Waals surface area (Å²) in [6.45, 7) is 3.02. The van der Waals surface area contributed by atoms with Crippen LogP contribution < -0.4 is 4.74 Å². The van der Waals surface area contributed by atoms with Gasteiger partial charge in [-0.3, -0.25) is 9.59 Å². The first-order chi connectivity index (χ1) is 10.6. The van der Waals surface area contributed by atoms with Crippen LogP contribution in [-0.4, -0.2) is 18.5 Å². The van der Waals surface area contributed by atoms with E-state index in [0.717, 1.165) is 29.7 Å². The zero-order valence-electron chi connectivity index (χ0n) is 12.9. The van der Waals surface area contributed by atoms with Crippen LogP contribution in [0.2, 0.25) is 0 Å². The number of allylic oxidation sites excluding steroid dienone is 1. The van der Waals surface area contributed by atoms with Crippen molar-refractivity contribution in [1.29, 1.82) is 0 Å². The summed E-state index contributed by atoms with van der Waals surface area (Å²) in [5.74, 6) is 0.807. The van der Waals surface area contributed by atoms with Gasteiger partial charge in [0.1, 0.15) is 5.75 Å². The molecule has 1 saturated carbocycles. The summed E-state index contributed by atoms with van der Waals surface area (Å²) in [5, 5.41) is 0. The summed E-state index contributed by atoms with van der Waals surface area (Å²) in [7, 11) is 0. The molecule has 118 valence electrons. The van der Waals surface area contributed by atoms with E-state index in [0.29, 0.717) is 16.8 Å². The van der Waals surface area contributed by atoms with Crippen molar-refractivity contribution >= 4 is 29.7 Å². The van der Waals surface area contributed by atoms with Gasteiger partial charge in [-0.25, -0.2) is 0 Å². The molecule has 1 aliphatic carbocycles. The standard InChI is InChI=1S/C18H22O3S/c1-18(8-3-2-4-9-18)13-21-16-7-5-6-15(10-16)11-17(12-19)22-14-20/h5-7,10-12,14H,2-4,8-9,13H2,1H3/b17-11-. The lowest BCUT2D eigenvalue weighted by atomic mass is 9.76. The number of benzene rings is 1. The summed E-state index contributed by atoms with van der Waals surface area (Å²) in [6, 6.07) is 7.63. The third kappa shape index (κ3) is 5.02. The molecule has 0 radical (unpaired) electrons. The van der Waals surface area contributed by atoms with Gasteiger partial charge in [-0.1, -0.05) is 50.1 Å². The number of carbonyl (C=O) groups is 2.